The third kappa shape index (κ3) is 3.54. The number of hydrogen-bond donors (Lipinski definition) is 1. The first-order valence-electron chi connectivity index (χ1n) is 10.5. The fourth-order valence-electron chi connectivity index (χ4n) is 4.37. The predicted molar refractivity (Wildman–Crippen MR) is 122 cm³/mol. The van der Waals surface area contributed by atoms with Crippen molar-refractivity contribution in [1.82, 2.24) is 5.32 Å². The molecule has 5 rings (SSSR count). The van der Waals surface area contributed by atoms with Gasteiger partial charge in [-0.25, -0.2) is 4.79 Å². The monoisotopic (exact) mass is 485 g/mol. The van der Waals surface area contributed by atoms with Crippen LogP contribution in [0.4, 0.5) is 0 Å². The van der Waals surface area contributed by atoms with Gasteiger partial charge in [0.2, 0.25) is 0 Å². The minimum absolute atomic E-state index is 0.0123. The van der Waals surface area contributed by atoms with E-state index in [1.165, 1.54) is 0 Å². The van der Waals surface area contributed by atoms with E-state index in [1.807, 2.05) is 19.1 Å². The minimum atomic E-state index is -0.394. The van der Waals surface area contributed by atoms with E-state index in [2.05, 4.69) is 32.7 Å². The van der Waals surface area contributed by atoms with Crippen LogP contribution in [0.25, 0.3) is 10.1 Å². The quantitative estimate of drug-likeness (QED) is 0.522. The van der Waals surface area contributed by atoms with E-state index >= 15 is 0 Å². The van der Waals surface area contributed by atoms with Crippen molar-refractivity contribution < 1.29 is 14.3 Å². The number of hydrogen-bond acceptors (Lipinski definition) is 5. The molecule has 2 aliphatic carbocycles. The number of thiophene rings is 1. The van der Waals surface area contributed by atoms with Crippen molar-refractivity contribution in [2.75, 3.05) is 6.61 Å². The van der Waals surface area contributed by atoms with Crippen LogP contribution in [0.5, 0.6) is 0 Å². The molecule has 0 saturated heterocycles. The first kappa shape index (κ1) is 20.0. The van der Waals surface area contributed by atoms with Crippen molar-refractivity contribution in [3.63, 3.8) is 0 Å². The van der Waals surface area contributed by atoms with Crippen molar-refractivity contribution in [1.29, 1.82) is 0 Å². The summed E-state index contributed by atoms with van der Waals surface area (Å²) in [5.41, 5.74) is 4.12. The Hall–Kier alpha value is -1.92. The largest absolute Gasteiger partial charge is 0.462 e. The predicted octanol–water partition coefficient (Wildman–Crippen LogP) is 5.83. The van der Waals surface area contributed by atoms with E-state index in [9.17, 15) is 9.59 Å². The van der Waals surface area contributed by atoms with Crippen molar-refractivity contribution in [2.45, 2.75) is 45.4 Å². The van der Waals surface area contributed by atoms with Crippen LogP contribution in [-0.4, -0.2) is 18.4 Å². The van der Waals surface area contributed by atoms with Gasteiger partial charge in [0.05, 0.1) is 12.2 Å². The molecule has 2 aromatic rings. The number of nitrogens with one attached hydrogen (secondary N) is 1. The maximum atomic E-state index is 13.4. The summed E-state index contributed by atoms with van der Waals surface area (Å²) in [6.07, 6.45) is 4.38. The van der Waals surface area contributed by atoms with Crippen molar-refractivity contribution in [3.8, 4) is 0 Å². The Balaban J connectivity index is 1.68. The molecule has 156 valence electrons. The highest BCUT2D eigenvalue weighted by Crippen LogP contribution is 2.49. The summed E-state index contributed by atoms with van der Waals surface area (Å²) in [6, 6.07) is 6.10. The summed E-state index contributed by atoms with van der Waals surface area (Å²) in [5.74, 6) is 0.158. The Morgan fingerprint density at radius 3 is 2.63 bits per heavy atom. The number of esters is 1. The van der Waals surface area contributed by atoms with Crippen LogP contribution < -0.4 is 5.32 Å². The normalized spacial score (nSPS) is 21.8. The zero-order valence-electron chi connectivity index (χ0n) is 17.1. The maximum Gasteiger partial charge on any atom is 0.336 e. The molecular formula is C24H24BrNO3S. The highest BCUT2D eigenvalue weighted by molar-refractivity contribution is 9.10. The Morgan fingerprint density at radius 2 is 1.97 bits per heavy atom. The third-order valence-electron chi connectivity index (χ3n) is 6.22. The van der Waals surface area contributed by atoms with Gasteiger partial charge >= 0.3 is 5.97 Å². The van der Waals surface area contributed by atoms with E-state index in [4.69, 9.17) is 4.74 Å². The van der Waals surface area contributed by atoms with Gasteiger partial charge in [0, 0.05) is 32.1 Å². The molecule has 3 aliphatic rings. The molecule has 1 aliphatic heterocycles. The standard InChI is InChI=1S/C24H24BrNO3S/c1-12-19(13(2)27)20(17-11-30-23-16(17)4-3-5-18(23)25)21(22(26-12)15-8-9-15)24(28)29-10-14-6-7-14/h3-5,11,14-15,20,26H,6-10H2,1-2H3. The molecule has 2 fully saturated rings. The second-order valence-corrected chi connectivity index (χ2v) is 10.3. The molecule has 1 aromatic heterocycles. The number of halogens is 1. The second-order valence-electron chi connectivity index (χ2n) is 8.60. The van der Waals surface area contributed by atoms with Gasteiger partial charge in [-0.3, -0.25) is 4.79 Å². The molecule has 1 unspecified atom stereocenters. The van der Waals surface area contributed by atoms with E-state index in [0.717, 1.165) is 57.2 Å². The van der Waals surface area contributed by atoms with Crippen molar-refractivity contribution in [3.05, 3.63) is 56.2 Å². The summed E-state index contributed by atoms with van der Waals surface area (Å²) in [7, 11) is 0. The SMILES string of the molecule is CC(=O)C1=C(C)NC(C2CC2)=C(C(=O)OCC2CC2)C1c1csc2c(Br)cccc12. The van der Waals surface area contributed by atoms with Gasteiger partial charge in [-0.2, -0.15) is 0 Å². The van der Waals surface area contributed by atoms with Crippen molar-refractivity contribution in [2.24, 2.45) is 11.8 Å². The Labute approximate surface area is 188 Å². The zero-order valence-corrected chi connectivity index (χ0v) is 19.5. The van der Waals surface area contributed by atoms with Crippen LogP contribution in [0.3, 0.4) is 0 Å². The Bertz CT molecular complexity index is 1120. The van der Waals surface area contributed by atoms with Crippen LogP contribution in [0.15, 0.2) is 50.6 Å². The van der Waals surface area contributed by atoms with Gasteiger partial charge in [-0.1, -0.05) is 12.1 Å². The number of carbonyl (C=O) groups is 2. The van der Waals surface area contributed by atoms with Crippen LogP contribution in [0.2, 0.25) is 0 Å². The lowest BCUT2D eigenvalue weighted by molar-refractivity contribution is -0.139. The topological polar surface area (TPSA) is 55.4 Å². The molecule has 0 radical (unpaired) electrons. The van der Waals surface area contributed by atoms with Gasteiger partial charge in [-0.05, 0) is 89.7 Å². The maximum absolute atomic E-state index is 13.4. The van der Waals surface area contributed by atoms with Crippen LogP contribution >= 0.6 is 27.3 Å². The van der Waals surface area contributed by atoms with E-state index in [0.29, 0.717) is 29.6 Å². The lowest BCUT2D eigenvalue weighted by atomic mass is 9.78. The number of carbonyl (C=O) groups excluding carboxylic acids is 2. The molecule has 1 atom stereocenters. The highest BCUT2D eigenvalue weighted by atomic mass is 79.9. The summed E-state index contributed by atoms with van der Waals surface area (Å²) in [5, 5.41) is 6.60. The average Bonchev–Trinajstić information content (AvgIpc) is 3.63. The molecule has 30 heavy (non-hydrogen) atoms. The van der Waals surface area contributed by atoms with Gasteiger partial charge in [0.25, 0.3) is 0 Å². The van der Waals surface area contributed by atoms with Crippen LogP contribution in [-0.2, 0) is 14.3 Å². The molecule has 0 amide bonds. The first-order chi connectivity index (χ1) is 14.5. The number of benzene rings is 1. The fourth-order valence-corrected chi connectivity index (χ4v) is 6.02. The Kier molecular flexibility index (Phi) is 5.10. The average molecular weight is 486 g/mol. The second kappa shape index (κ2) is 7.65. The number of fused-ring (bicyclic) bond motifs is 1. The molecule has 0 spiro atoms. The molecular weight excluding hydrogens is 462 g/mol. The number of Topliss-reactive ketones (excluding diaryl/α,β-unsaturated/α-hetero) is 1. The van der Waals surface area contributed by atoms with Crippen LogP contribution in [0.1, 0.15) is 51.0 Å². The number of allylic oxidation sites excluding steroid dienone is 3. The van der Waals surface area contributed by atoms with Gasteiger partial charge in [0.1, 0.15) is 0 Å². The summed E-state index contributed by atoms with van der Waals surface area (Å²) < 4.78 is 7.92. The van der Waals surface area contributed by atoms with E-state index in [-0.39, 0.29) is 11.8 Å². The molecule has 2 saturated carbocycles. The minimum Gasteiger partial charge on any atom is -0.462 e. The van der Waals surface area contributed by atoms with Crippen molar-refractivity contribution >= 4 is 49.1 Å². The van der Waals surface area contributed by atoms with Gasteiger partial charge < -0.3 is 10.1 Å². The number of ketones is 1. The van der Waals surface area contributed by atoms with E-state index in [1.54, 1.807) is 18.3 Å². The number of dihydropyridines is 1. The lowest BCUT2D eigenvalue weighted by Gasteiger charge is -2.31. The fraction of sp³-hybridized carbons (Fsp3) is 0.417. The smallest absolute Gasteiger partial charge is 0.336 e. The first-order valence-corrected chi connectivity index (χ1v) is 12.2. The van der Waals surface area contributed by atoms with Crippen LogP contribution in [0, 0.1) is 11.8 Å². The number of ether oxygens (including phenoxy) is 1. The third-order valence-corrected chi connectivity index (χ3v) is 8.19. The summed E-state index contributed by atoms with van der Waals surface area (Å²) >= 11 is 5.28. The molecule has 1 aromatic carbocycles. The molecule has 1 N–H and O–H groups in total. The van der Waals surface area contributed by atoms with E-state index < -0.39 is 5.92 Å². The van der Waals surface area contributed by atoms with Gasteiger partial charge in [0.15, 0.2) is 5.78 Å². The Morgan fingerprint density at radius 1 is 1.20 bits per heavy atom. The number of rotatable bonds is 6. The molecule has 4 nitrogen and oxygen atoms in total. The molecule has 2 heterocycles. The molecule has 6 heteroatoms. The highest BCUT2D eigenvalue weighted by Gasteiger charge is 2.42. The zero-order chi connectivity index (χ0) is 21.0. The summed E-state index contributed by atoms with van der Waals surface area (Å²) in [4.78, 5) is 26.2. The van der Waals surface area contributed by atoms with Gasteiger partial charge in [-0.15, -0.1) is 11.3 Å². The summed E-state index contributed by atoms with van der Waals surface area (Å²) in [6.45, 7) is 4.01. The lowest BCUT2D eigenvalue weighted by Crippen LogP contribution is -2.33. The molecule has 0 bridgehead atoms.